The van der Waals surface area contributed by atoms with Crippen molar-refractivity contribution in [1.82, 2.24) is 4.90 Å². The van der Waals surface area contributed by atoms with Gasteiger partial charge in [0.15, 0.2) is 6.73 Å². The highest BCUT2D eigenvalue weighted by Crippen LogP contribution is 2.16. The van der Waals surface area contributed by atoms with Crippen LogP contribution in [-0.2, 0) is 9.53 Å². The van der Waals surface area contributed by atoms with Gasteiger partial charge in [-0.1, -0.05) is 18.6 Å². The molecule has 0 saturated carbocycles. The number of nitrogens with two attached hydrogens (primary N) is 1. The number of para-hydroxylation sites is 1. The van der Waals surface area contributed by atoms with Crippen LogP contribution in [0.3, 0.4) is 0 Å². The first-order valence-corrected chi connectivity index (χ1v) is 6.95. The number of benzene rings is 1. The van der Waals surface area contributed by atoms with Crippen molar-refractivity contribution in [3.8, 4) is 5.75 Å². The van der Waals surface area contributed by atoms with E-state index in [4.69, 9.17) is 10.5 Å². The van der Waals surface area contributed by atoms with E-state index in [1.54, 1.807) is 19.2 Å². The van der Waals surface area contributed by atoms with Crippen LogP contribution in [0, 0.1) is 0 Å². The molecule has 6 nitrogen and oxygen atoms in total. The molecule has 21 heavy (non-hydrogen) atoms. The van der Waals surface area contributed by atoms with E-state index in [2.05, 4.69) is 0 Å². The smallest absolute Gasteiger partial charge is 0.343 e. The van der Waals surface area contributed by atoms with E-state index >= 15 is 0 Å². The Balaban J connectivity index is 2.35. The Morgan fingerprint density at radius 3 is 2.62 bits per heavy atom. The summed E-state index contributed by atoms with van der Waals surface area (Å²) in [6.07, 6.45) is 2.99. The molecule has 0 fully saturated rings. The van der Waals surface area contributed by atoms with Gasteiger partial charge in [0.05, 0.1) is 0 Å². The van der Waals surface area contributed by atoms with Crippen molar-refractivity contribution in [2.45, 2.75) is 25.7 Å². The first-order valence-electron chi connectivity index (χ1n) is 6.95. The van der Waals surface area contributed by atoms with Crippen LogP contribution < -0.4 is 5.73 Å². The fourth-order valence-electron chi connectivity index (χ4n) is 1.74. The number of nitrogens with zero attached hydrogens (tertiary/aromatic N) is 1. The van der Waals surface area contributed by atoms with E-state index in [0.29, 0.717) is 13.0 Å². The van der Waals surface area contributed by atoms with Gasteiger partial charge in [-0.15, -0.1) is 0 Å². The van der Waals surface area contributed by atoms with Gasteiger partial charge in [-0.25, -0.2) is 4.79 Å². The van der Waals surface area contributed by atoms with Crippen LogP contribution in [-0.4, -0.2) is 42.2 Å². The number of unbranched alkanes of at least 4 members (excludes halogenated alkanes) is 2. The molecule has 0 heterocycles. The van der Waals surface area contributed by atoms with E-state index in [1.807, 2.05) is 0 Å². The van der Waals surface area contributed by atoms with Crippen LogP contribution in [0.4, 0.5) is 0 Å². The summed E-state index contributed by atoms with van der Waals surface area (Å²) in [5.41, 5.74) is 5.46. The largest absolute Gasteiger partial charge is 0.507 e. The molecular formula is C15H22N2O4. The van der Waals surface area contributed by atoms with Gasteiger partial charge in [-0.3, -0.25) is 4.79 Å². The van der Waals surface area contributed by atoms with E-state index < -0.39 is 5.97 Å². The summed E-state index contributed by atoms with van der Waals surface area (Å²) in [6, 6.07) is 6.11. The number of esters is 1. The molecule has 0 bridgehead atoms. The summed E-state index contributed by atoms with van der Waals surface area (Å²) < 4.78 is 5.01. The van der Waals surface area contributed by atoms with Crippen LogP contribution in [0.1, 0.15) is 36.0 Å². The number of hydrogen-bond acceptors (Lipinski definition) is 5. The molecule has 0 atom stereocenters. The highest BCUT2D eigenvalue weighted by Gasteiger charge is 2.14. The number of carbonyl (C=O) groups is 2. The zero-order valence-corrected chi connectivity index (χ0v) is 12.2. The Kier molecular flexibility index (Phi) is 7.25. The van der Waals surface area contributed by atoms with Gasteiger partial charge in [0.2, 0.25) is 5.91 Å². The molecule has 0 radical (unpaired) electrons. The summed E-state index contributed by atoms with van der Waals surface area (Å²) in [5, 5.41) is 9.53. The highest BCUT2D eigenvalue weighted by molar-refractivity contribution is 5.92. The Morgan fingerprint density at radius 2 is 1.95 bits per heavy atom. The molecule has 0 aromatic heterocycles. The molecule has 0 aliphatic heterocycles. The van der Waals surface area contributed by atoms with Crippen LogP contribution in [0.15, 0.2) is 24.3 Å². The number of phenolic OH excluding ortho intramolecular Hbond substituents is 1. The average molecular weight is 294 g/mol. The standard InChI is InChI=1S/C15H22N2O4/c1-17(14(19)9-3-2-6-10-16)11-21-15(20)12-7-4-5-8-13(12)18/h4-5,7-8,18H,2-3,6,9-11,16H2,1H3. The summed E-state index contributed by atoms with van der Waals surface area (Å²) in [5.74, 6) is -0.883. The van der Waals surface area contributed by atoms with Crippen molar-refractivity contribution in [3.05, 3.63) is 29.8 Å². The average Bonchev–Trinajstić information content (AvgIpc) is 2.49. The minimum Gasteiger partial charge on any atom is -0.507 e. The molecule has 1 amide bonds. The van der Waals surface area contributed by atoms with Gasteiger partial charge in [-0.05, 0) is 31.5 Å². The molecule has 1 aromatic carbocycles. The number of ether oxygens (including phenoxy) is 1. The molecule has 1 aromatic rings. The second-order valence-corrected chi connectivity index (χ2v) is 4.77. The van der Waals surface area contributed by atoms with E-state index in [-0.39, 0.29) is 24.0 Å². The number of carbonyl (C=O) groups excluding carboxylic acids is 2. The molecule has 116 valence electrons. The molecule has 0 unspecified atom stereocenters. The summed E-state index contributed by atoms with van der Waals surface area (Å²) in [4.78, 5) is 24.9. The van der Waals surface area contributed by atoms with Crippen LogP contribution in [0.5, 0.6) is 5.75 Å². The molecule has 0 aliphatic carbocycles. The number of rotatable bonds is 8. The molecule has 0 aliphatic rings. The highest BCUT2D eigenvalue weighted by atomic mass is 16.5. The van der Waals surface area contributed by atoms with Gasteiger partial charge in [0.1, 0.15) is 11.3 Å². The maximum atomic E-state index is 11.8. The van der Waals surface area contributed by atoms with Crippen molar-refractivity contribution in [2.75, 3.05) is 20.3 Å². The predicted octanol–water partition coefficient (Wildman–Crippen LogP) is 1.48. The summed E-state index contributed by atoms with van der Waals surface area (Å²) in [7, 11) is 1.57. The monoisotopic (exact) mass is 294 g/mol. The van der Waals surface area contributed by atoms with E-state index in [9.17, 15) is 14.7 Å². The van der Waals surface area contributed by atoms with Gasteiger partial charge in [-0.2, -0.15) is 0 Å². The Bertz CT molecular complexity index is 476. The normalized spacial score (nSPS) is 10.2. The summed E-state index contributed by atoms with van der Waals surface area (Å²) >= 11 is 0. The predicted molar refractivity (Wildman–Crippen MR) is 78.7 cm³/mol. The first kappa shape index (κ1) is 17.0. The fourth-order valence-corrected chi connectivity index (χ4v) is 1.74. The number of amides is 1. The zero-order chi connectivity index (χ0) is 15.7. The van der Waals surface area contributed by atoms with Crippen LogP contribution in [0.25, 0.3) is 0 Å². The Morgan fingerprint density at radius 1 is 1.24 bits per heavy atom. The molecule has 6 heteroatoms. The molecule has 0 spiro atoms. The van der Waals surface area contributed by atoms with Crippen molar-refractivity contribution in [1.29, 1.82) is 0 Å². The summed E-state index contributed by atoms with van der Waals surface area (Å²) in [6.45, 7) is 0.491. The van der Waals surface area contributed by atoms with Crippen LogP contribution in [0.2, 0.25) is 0 Å². The second kappa shape index (κ2) is 8.97. The van der Waals surface area contributed by atoms with E-state index in [1.165, 1.54) is 17.0 Å². The van der Waals surface area contributed by atoms with Gasteiger partial charge >= 0.3 is 5.97 Å². The zero-order valence-electron chi connectivity index (χ0n) is 12.2. The molecule has 1 rings (SSSR count). The fraction of sp³-hybridized carbons (Fsp3) is 0.467. The minimum atomic E-state index is -0.657. The third kappa shape index (κ3) is 5.83. The lowest BCUT2D eigenvalue weighted by molar-refractivity contribution is -0.133. The molecule has 3 N–H and O–H groups in total. The number of hydrogen-bond donors (Lipinski definition) is 2. The van der Waals surface area contributed by atoms with E-state index in [0.717, 1.165) is 19.3 Å². The maximum Gasteiger partial charge on any atom is 0.343 e. The minimum absolute atomic E-state index is 0.0845. The lowest BCUT2D eigenvalue weighted by Crippen LogP contribution is -2.30. The number of phenols is 1. The lowest BCUT2D eigenvalue weighted by atomic mass is 10.2. The molecule has 0 saturated heterocycles. The first-order chi connectivity index (χ1) is 10.1. The van der Waals surface area contributed by atoms with Gasteiger partial charge in [0.25, 0.3) is 0 Å². The maximum absolute atomic E-state index is 11.8. The Hall–Kier alpha value is -2.08. The second-order valence-electron chi connectivity index (χ2n) is 4.77. The quantitative estimate of drug-likeness (QED) is 0.430. The Labute approximate surface area is 124 Å². The molecular weight excluding hydrogens is 272 g/mol. The van der Waals surface area contributed by atoms with Crippen LogP contribution >= 0.6 is 0 Å². The SMILES string of the molecule is CN(COC(=O)c1ccccc1O)C(=O)CCCCCN. The third-order valence-corrected chi connectivity index (χ3v) is 3.03. The topological polar surface area (TPSA) is 92.9 Å². The van der Waals surface area contributed by atoms with Crippen molar-refractivity contribution >= 4 is 11.9 Å². The third-order valence-electron chi connectivity index (χ3n) is 3.03. The van der Waals surface area contributed by atoms with Crippen molar-refractivity contribution in [3.63, 3.8) is 0 Å². The van der Waals surface area contributed by atoms with Gasteiger partial charge < -0.3 is 20.5 Å². The van der Waals surface area contributed by atoms with Crippen molar-refractivity contribution in [2.24, 2.45) is 5.73 Å². The number of aromatic hydroxyl groups is 1. The van der Waals surface area contributed by atoms with Crippen molar-refractivity contribution < 1.29 is 19.4 Å². The van der Waals surface area contributed by atoms with Gasteiger partial charge in [0, 0.05) is 13.5 Å². The lowest BCUT2D eigenvalue weighted by Gasteiger charge is -2.17.